The van der Waals surface area contributed by atoms with Crippen molar-refractivity contribution in [3.63, 3.8) is 0 Å². The van der Waals surface area contributed by atoms with Crippen molar-refractivity contribution in [2.75, 3.05) is 13.7 Å². The predicted octanol–water partition coefficient (Wildman–Crippen LogP) is 3.59. The number of nitrogens with zero attached hydrogens (tertiary/aromatic N) is 1. The molecule has 0 bridgehead atoms. The first kappa shape index (κ1) is 14.3. The summed E-state index contributed by atoms with van der Waals surface area (Å²) in [6.07, 6.45) is 3.07. The van der Waals surface area contributed by atoms with Gasteiger partial charge in [-0.3, -0.25) is 4.98 Å². The molecule has 2 rings (SSSR count). The van der Waals surface area contributed by atoms with Crippen LogP contribution in [0, 0.1) is 0 Å². The van der Waals surface area contributed by atoms with Crippen molar-refractivity contribution >= 4 is 17.6 Å². The van der Waals surface area contributed by atoms with Crippen molar-refractivity contribution in [3.05, 3.63) is 47.2 Å². The third-order valence-electron chi connectivity index (χ3n) is 2.78. The molecule has 1 aromatic carbocycles. The van der Waals surface area contributed by atoms with Gasteiger partial charge in [-0.2, -0.15) is 0 Å². The molecule has 0 atom stereocenters. The first-order chi connectivity index (χ1) is 9.69. The molecule has 4 nitrogen and oxygen atoms in total. The van der Waals surface area contributed by atoms with E-state index in [9.17, 15) is 4.79 Å². The first-order valence-electron chi connectivity index (χ1n) is 6.13. The van der Waals surface area contributed by atoms with Gasteiger partial charge < -0.3 is 9.47 Å². The molecule has 5 heteroatoms. The molecule has 104 valence electrons. The number of hydrogen-bond donors (Lipinski definition) is 0. The maximum Gasteiger partial charge on any atom is 0.340 e. The number of aromatic nitrogens is 1. The summed E-state index contributed by atoms with van der Waals surface area (Å²) >= 11 is 6.24. The topological polar surface area (TPSA) is 48.4 Å². The Morgan fingerprint density at radius 2 is 2.15 bits per heavy atom. The van der Waals surface area contributed by atoms with Crippen LogP contribution in [0.2, 0.25) is 5.02 Å². The van der Waals surface area contributed by atoms with Crippen LogP contribution in [0.3, 0.4) is 0 Å². The highest BCUT2D eigenvalue weighted by molar-refractivity contribution is 6.34. The molecular formula is C15H14ClNO3. The van der Waals surface area contributed by atoms with E-state index in [4.69, 9.17) is 21.1 Å². The molecule has 0 aliphatic carbocycles. The molecule has 20 heavy (non-hydrogen) atoms. The number of halogens is 1. The Bertz CT molecular complexity index is 628. The predicted molar refractivity (Wildman–Crippen MR) is 77.2 cm³/mol. The van der Waals surface area contributed by atoms with Crippen molar-refractivity contribution in [1.82, 2.24) is 4.98 Å². The van der Waals surface area contributed by atoms with E-state index in [0.717, 1.165) is 0 Å². The van der Waals surface area contributed by atoms with Gasteiger partial charge in [0.15, 0.2) is 0 Å². The minimum atomic E-state index is -0.433. The van der Waals surface area contributed by atoms with E-state index in [0.29, 0.717) is 34.1 Å². The lowest BCUT2D eigenvalue weighted by Crippen LogP contribution is -2.07. The van der Waals surface area contributed by atoms with Gasteiger partial charge in [0, 0.05) is 23.5 Å². The minimum Gasteiger partial charge on any atom is -0.496 e. The summed E-state index contributed by atoms with van der Waals surface area (Å²) in [7, 11) is 1.56. The van der Waals surface area contributed by atoms with E-state index in [1.165, 1.54) is 6.20 Å². The molecule has 1 aromatic heterocycles. The van der Waals surface area contributed by atoms with Crippen LogP contribution in [0.4, 0.5) is 0 Å². The van der Waals surface area contributed by atoms with Gasteiger partial charge in [-0.1, -0.05) is 17.7 Å². The summed E-state index contributed by atoms with van der Waals surface area (Å²) in [6.45, 7) is 2.05. The molecule has 0 radical (unpaired) electrons. The Morgan fingerprint density at radius 1 is 1.35 bits per heavy atom. The normalized spacial score (nSPS) is 10.2. The van der Waals surface area contributed by atoms with Gasteiger partial charge in [-0.25, -0.2) is 4.79 Å². The average molecular weight is 292 g/mol. The third-order valence-corrected chi connectivity index (χ3v) is 3.10. The molecule has 0 fully saturated rings. The van der Waals surface area contributed by atoms with Crippen LogP contribution in [-0.2, 0) is 4.74 Å². The number of methoxy groups -OCH3 is 1. The van der Waals surface area contributed by atoms with E-state index in [1.54, 1.807) is 44.5 Å². The number of rotatable bonds is 4. The number of pyridine rings is 1. The molecule has 0 aliphatic rings. The van der Waals surface area contributed by atoms with Crippen molar-refractivity contribution in [2.24, 2.45) is 0 Å². The second-order valence-electron chi connectivity index (χ2n) is 3.96. The highest BCUT2D eigenvalue weighted by Crippen LogP contribution is 2.37. The molecule has 0 unspecified atom stereocenters. The fourth-order valence-electron chi connectivity index (χ4n) is 1.92. The highest BCUT2D eigenvalue weighted by Gasteiger charge is 2.19. The number of carbonyl (C=O) groups excluding carboxylic acids is 1. The number of benzene rings is 1. The van der Waals surface area contributed by atoms with Crippen LogP contribution in [0.25, 0.3) is 11.1 Å². The monoisotopic (exact) mass is 291 g/mol. The van der Waals surface area contributed by atoms with E-state index >= 15 is 0 Å². The van der Waals surface area contributed by atoms with Gasteiger partial charge >= 0.3 is 5.97 Å². The third kappa shape index (κ3) is 2.75. The standard InChI is InChI=1S/C15H14ClNO3/c1-3-20-15(18)11-9-17-8-7-10(11)14-12(16)5-4-6-13(14)19-2/h4-9H,3H2,1-2H3. The fraction of sp³-hybridized carbons (Fsp3) is 0.200. The molecule has 0 amide bonds. The Kier molecular flexibility index (Phi) is 4.58. The Hall–Kier alpha value is -2.07. The summed E-state index contributed by atoms with van der Waals surface area (Å²) in [4.78, 5) is 16.0. The van der Waals surface area contributed by atoms with Gasteiger partial charge in [0.25, 0.3) is 0 Å². The lowest BCUT2D eigenvalue weighted by atomic mass is 10.0. The molecule has 0 saturated carbocycles. The van der Waals surface area contributed by atoms with Gasteiger partial charge in [0.1, 0.15) is 5.75 Å². The summed E-state index contributed by atoms with van der Waals surface area (Å²) in [5.74, 6) is 0.159. The smallest absolute Gasteiger partial charge is 0.340 e. The van der Waals surface area contributed by atoms with Crippen LogP contribution in [0.1, 0.15) is 17.3 Å². The summed E-state index contributed by atoms with van der Waals surface area (Å²) in [6, 6.07) is 7.04. The number of hydrogen-bond acceptors (Lipinski definition) is 4. The van der Waals surface area contributed by atoms with Crippen LogP contribution < -0.4 is 4.74 Å². The first-order valence-corrected chi connectivity index (χ1v) is 6.50. The molecule has 2 aromatic rings. The van der Waals surface area contributed by atoms with E-state index in [-0.39, 0.29) is 0 Å². The van der Waals surface area contributed by atoms with Crippen LogP contribution in [0.5, 0.6) is 5.75 Å². The number of ether oxygens (including phenoxy) is 2. The minimum absolute atomic E-state index is 0.298. The van der Waals surface area contributed by atoms with Crippen LogP contribution in [-0.4, -0.2) is 24.7 Å². The number of esters is 1. The lowest BCUT2D eigenvalue weighted by molar-refractivity contribution is 0.0527. The molecule has 0 saturated heterocycles. The zero-order chi connectivity index (χ0) is 14.5. The SMILES string of the molecule is CCOC(=O)c1cnccc1-c1c(Cl)cccc1OC. The van der Waals surface area contributed by atoms with Gasteiger partial charge in [-0.05, 0) is 25.1 Å². The molecule has 0 N–H and O–H groups in total. The van der Waals surface area contributed by atoms with E-state index in [2.05, 4.69) is 4.98 Å². The quantitative estimate of drug-likeness (QED) is 0.808. The van der Waals surface area contributed by atoms with Crippen molar-refractivity contribution < 1.29 is 14.3 Å². The summed E-state index contributed by atoms with van der Waals surface area (Å²) in [5, 5.41) is 0.501. The second kappa shape index (κ2) is 6.39. The zero-order valence-electron chi connectivity index (χ0n) is 11.2. The second-order valence-corrected chi connectivity index (χ2v) is 4.37. The molecular weight excluding hydrogens is 278 g/mol. The highest BCUT2D eigenvalue weighted by atomic mass is 35.5. The maximum atomic E-state index is 12.0. The largest absolute Gasteiger partial charge is 0.496 e. The Morgan fingerprint density at radius 3 is 2.85 bits per heavy atom. The maximum absolute atomic E-state index is 12.0. The van der Waals surface area contributed by atoms with Crippen LogP contribution in [0.15, 0.2) is 36.7 Å². The number of carbonyl (C=O) groups is 1. The van der Waals surface area contributed by atoms with Crippen molar-refractivity contribution in [2.45, 2.75) is 6.92 Å². The molecule has 0 spiro atoms. The zero-order valence-corrected chi connectivity index (χ0v) is 12.0. The summed E-state index contributed by atoms with van der Waals surface area (Å²) < 4.78 is 10.4. The van der Waals surface area contributed by atoms with Gasteiger partial charge in [-0.15, -0.1) is 0 Å². The van der Waals surface area contributed by atoms with Gasteiger partial charge in [0.05, 0.1) is 24.3 Å². The van der Waals surface area contributed by atoms with Gasteiger partial charge in [0.2, 0.25) is 0 Å². The fourth-order valence-corrected chi connectivity index (χ4v) is 2.19. The average Bonchev–Trinajstić information content (AvgIpc) is 2.47. The van der Waals surface area contributed by atoms with Crippen molar-refractivity contribution in [3.8, 4) is 16.9 Å². The molecule has 0 aliphatic heterocycles. The van der Waals surface area contributed by atoms with E-state index < -0.39 is 5.97 Å². The van der Waals surface area contributed by atoms with Crippen molar-refractivity contribution in [1.29, 1.82) is 0 Å². The Labute approximate surface area is 122 Å². The lowest BCUT2D eigenvalue weighted by Gasteiger charge is -2.13. The summed E-state index contributed by atoms with van der Waals surface area (Å²) in [5.41, 5.74) is 1.66. The molecule has 1 heterocycles. The van der Waals surface area contributed by atoms with E-state index in [1.807, 2.05) is 0 Å². The van der Waals surface area contributed by atoms with Crippen LogP contribution >= 0.6 is 11.6 Å². The Balaban J connectivity index is 2.62.